The SMILES string of the molecule is C/C=C(/C)C(=O)O[C@H]1C[C@H](OC(=O)/C(C)=C\C)[C@@]2(C)[C@@H]3C(=O)C=C(C)[C@H]2[C@@H]3C1(C)C. The van der Waals surface area contributed by atoms with Crippen molar-refractivity contribution in [3.05, 3.63) is 34.9 Å². The quantitative estimate of drug-likeness (QED) is 0.498. The normalized spacial score (nSPS) is 37.5. The molecule has 0 unspecified atom stereocenters. The lowest BCUT2D eigenvalue weighted by Gasteiger charge is -2.65. The Morgan fingerprint density at radius 2 is 1.47 bits per heavy atom. The zero-order valence-corrected chi connectivity index (χ0v) is 19.4. The monoisotopic (exact) mass is 414 g/mol. The predicted molar refractivity (Wildman–Crippen MR) is 114 cm³/mol. The van der Waals surface area contributed by atoms with Gasteiger partial charge in [-0.15, -0.1) is 0 Å². The Labute approximate surface area is 179 Å². The molecule has 164 valence electrons. The third kappa shape index (κ3) is 3.09. The first-order valence-corrected chi connectivity index (χ1v) is 10.8. The van der Waals surface area contributed by atoms with E-state index in [1.54, 1.807) is 45.9 Å². The van der Waals surface area contributed by atoms with Crippen molar-refractivity contribution in [3.63, 3.8) is 0 Å². The van der Waals surface area contributed by atoms with E-state index >= 15 is 0 Å². The zero-order valence-electron chi connectivity index (χ0n) is 19.4. The second kappa shape index (κ2) is 7.51. The van der Waals surface area contributed by atoms with Gasteiger partial charge < -0.3 is 9.47 Å². The molecule has 0 aromatic heterocycles. The van der Waals surface area contributed by atoms with Crippen LogP contribution in [-0.4, -0.2) is 29.9 Å². The zero-order chi connectivity index (χ0) is 22.6. The molecule has 4 aliphatic carbocycles. The van der Waals surface area contributed by atoms with E-state index in [1.807, 2.05) is 6.92 Å². The van der Waals surface area contributed by atoms with Crippen LogP contribution in [0, 0.1) is 28.6 Å². The van der Waals surface area contributed by atoms with Crippen molar-refractivity contribution in [2.24, 2.45) is 28.6 Å². The fourth-order valence-corrected chi connectivity index (χ4v) is 5.98. The van der Waals surface area contributed by atoms with Crippen LogP contribution in [0.5, 0.6) is 0 Å². The third-order valence-corrected chi connectivity index (χ3v) is 8.04. The molecule has 0 saturated heterocycles. The van der Waals surface area contributed by atoms with Crippen LogP contribution in [0.25, 0.3) is 0 Å². The van der Waals surface area contributed by atoms with Gasteiger partial charge in [0.15, 0.2) is 5.78 Å². The van der Waals surface area contributed by atoms with E-state index in [2.05, 4.69) is 20.8 Å². The van der Waals surface area contributed by atoms with E-state index in [4.69, 9.17) is 9.47 Å². The molecule has 3 fully saturated rings. The lowest BCUT2D eigenvalue weighted by Crippen LogP contribution is -2.67. The molecule has 0 amide bonds. The van der Waals surface area contributed by atoms with Gasteiger partial charge in [0.2, 0.25) is 0 Å². The summed E-state index contributed by atoms with van der Waals surface area (Å²) in [5.41, 5.74) is 1.18. The highest BCUT2D eigenvalue weighted by Crippen LogP contribution is 2.72. The summed E-state index contributed by atoms with van der Waals surface area (Å²) >= 11 is 0. The van der Waals surface area contributed by atoms with Gasteiger partial charge in [0.1, 0.15) is 12.2 Å². The average Bonchev–Trinajstić information content (AvgIpc) is 2.78. The Balaban J connectivity index is 2.06. The molecular formula is C25H34O5. The maximum absolute atomic E-state index is 13.1. The number of rotatable bonds is 4. The van der Waals surface area contributed by atoms with Crippen LogP contribution in [-0.2, 0) is 23.9 Å². The standard InChI is InChI=1S/C25H34O5/c1-9-13(3)22(27)29-17-12-18(30-23(28)14(4)10-2)25(8)19-15(5)11-16(26)20(25)21(19)24(17,6)7/h9-11,17-21H,12H2,1-8H3/b13-9-,14-10-/t17-,18-,19-,20+,21-,25+/m0/s1. The molecule has 3 saturated carbocycles. The number of ether oxygens (including phenoxy) is 2. The Kier molecular flexibility index (Phi) is 5.63. The number of hydrogen-bond acceptors (Lipinski definition) is 5. The van der Waals surface area contributed by atoms with E-state index in [9.17, 15) is 14.4 Å². The van der Waals surface area contributed by atoms with Gasteiger partial charge in [-0.2, -0.15) is 0 Å². The van der Waals surface area contributed by atoms with Crippen molar-refractivity contribution in [1.29, 1.82) is 0 Å². The van der Waals surface area contributed by atoms with Crippen molar-refractivity contribution < 1.29 is 23.9 Å². The topological polar surface area (TPSA) is 69.7 Å². The van der Waals surface area contributed by atoms with Gasteiger partial charge in [0, 0.05) is 34.3 Å². The second-order valence-electron chi connectivity index (χ2n) is 9.93. The first-order valence-electron chi connectivity index (χ1n) is 10.8. The Hall–Kier alpha value is -2.17. The van der Waals surface area contributed by atoms with E-state index in [1.165, 1.54) is 0 Å². The second-order valence-corrected chi connectivity index (χ2v) is 9.93. The molecular weight excluding hydrogens is 380 g/mol. The summed E-state index contributed by atoms with van der Waals surface area (Å²) in [5, 5.41) is 0. The summed E-state index contributed by atoms with van der Waals surface area (Å²) in [6.07, 6.45) is 4.62. The van der Waals surface area contributed by atoms with Gasteiger partial charge in [-0.05, 0) is 52.5 Å². The van der Waals surface area contributed by atoms with Crippen LogP contribution in [0.2, 0.25) is 0 Å². The molecule has 4 aliphatic rings. The van der Waals surface area contributed by atoms with Crippen LogP contribution in [0.3, 0.4) is 0 Å². The van der Waals surface area contributed by atoms with Gasteiger partial charge in [-0.1, -0.05) is 38.5 Å². The highest BCUT2D eigenvalue weighted by molar-refractivity contribution is 5.97. The smallest absolute Gasteiger partial charge is 0.333 e. The third-order valence-electron chi connectivity index (χ3n) is 8.04. The van der Waals surface area contributed by atoms with Crippen LogP contribution in [0.1, 0.15) is 61.8 Å². The van der Waals surface area contributed by atoms with Gasteiger partial charge in [0.05, 0.1) is 0 Å². The molecule has 0 aromatic carbocycles. The average molecular weight is 415 g/mol. The van der Waals surface area contributed by atoms with Crippen molar-refractivity contribution in [2.45, 2.75) is 74.0 Å². The first-order chi connectivity index (χ1) is 13.9. The molecule has 5 nitrogen and oxygen atoms in total. The molecule has 0 radical (unpaired) electrons. The summed E-state index contributed by atoms with van der Waals surface area (Å²) in [6, 6.07) is 0. The maximum atomic E-state index is 13.1. The van der Waals surface area contributed by atoms with Crippen LogP contribution in [0.4, 0.5) is 0 Å². The van der Waals surface area contributed by atoms with Gasteiger partial charge in [0.25, 0.3) is 0 Å². The van der Waals surface area contributed by atoms with Gasteiger partial charge >= 0.3 is 11.9 Å². The summed E-state index contributed by atoms with van der Waals surface area (Å²) in [6.45, 7) is 15.3. The lowest BCUT2D eigenvalue weighted by atomic mass is 9.37. The van der Waals surface area contributed by atoms with Crippen molar-refractivity contribution in [1.82, 2.24) is 0 Å². The predicted octanol–water partition coefficient (Wildman–Crippen LogP) is 4.57. The highest BCUT2D eigenvalue weighted by atomic mass is 16.6. The molecule has 30 heavy (non-hydrogen) atoms. The number of carbonyl (C=O) groups is 3. The Morgan fingerprint density at radius 3 is 1.93 bits per heavy atom. The van der Waals surface area contributed by atoms with Crippen LogP contribution >= 0.6 is 0 Å². The molecule has 0 spiro atoms. The molecule has 5 heteroatoms. The van der Waals surface area contributed by atoms with Gasteiger partial charge in [-0.3, -0.25) is 4.79 Å². The van der Waals surface area contributed by atoms with Crippen LogP contribution in [0.15, 0.2) is 34.9 Å². The molecule has 0 aliphatic heterocycles. The van der Waals surface area contributed by atoms with Crippen LogP contribution < -0.4 is 0 Å². The number of allylic oxidation sites excluding steroid dienone is 4. The largest absolute Gasteiger partial charge is 0.458 e. The van der Waals surface area contributed by atoms with Gasteiger partial charge in [-0.25, -0.2) is 9.59 Å². The minimum absolute atomic E-state index is 0.0511. The fourth-order valence-electron chi connectivity index (χ4n) is 5.98. The maximum Gasteiger partial charge on any atom is 0.333 e. The number of carbonyl (C=O) groups excluding carboxylic acids is 3. The van der Waals surface area contributed by atoms with E-state index < -0.39 is 23.0 Å². The summed E-state index contributed by atoms with van der Waals surface area (Å²) in [4.78, 5) is 38.4. The fraction of sp³-hybridized carbons (Fsp3) is 0.640. The summed E-state index contributed by atoms with van der Waals surface area (Å²) in [7, 11) is 0. The Morgan fingerprint density at radius 1 is 0.967 bits per heavy atom. The molecule has 0 N–H and O–H groups in total. The highest BCUT2D eigenvalue weighted by Gasteiger charge is 2.74. The number of esters is 2. The molecule has 0 aromatic rings. The summed E-state index contributed by atoms with van der Waals surface area (Å²) in [5.74, 6) is -0.722. The van der Waals surface area contributed by atoms with E-state index in [0.717, 1.165) is 5.57 Å². The minimum atomic E-state index is -0.510. The van der Waals surface area contributed by atoms with Crippen molar-refractivity contribution >= 4 is 17.7 Å². The molecule has 6 atom stereocenters. The molecule has 0 heterocycles. The van der Waals surface area contributed by atoms with Crippen molar-refractivity contribution in [3.8, 4) is 0 Å². The number of fused-ring (bicyclic) bond motifs is 3. The first kappa shape index (κ1) is 22.5. The molecule has 4 rings (SSSR count). The summed E-state index contributed by atoms with van der Waals surface area (Å²) < 4.78 is 12.0. The Bertz CT molecular complexity index is 874. The molecule has 4 bridgehead atoms. The van der Waals surface area contributed by atoms with E-state index in [0.29, 0.717) is 17.6 Å². The number of ketones is 1. The van der Waals surface area contributed by atoms with Crippen molar-refractivity contribution in [2.75, 3.05) is 0 Å². The van der Waals surface area contributed by atoms with E-state index in [-0.39, 0.29) is 35.5 Å². The number of hydrogen-bond donors (Lipinski definition) is 0. The minimum Gasteiger partial charge on any atom is -0.458 e. The lowest BCUT2D eigenvalue weighted by molar-refractivity contribution is -0.202.